The number of fused-ring (bicyclic) bond motifs is 1. The minimum absolute atomic E-state index is 0.172. The minimum atomic E-state index is -4.53. The molecule has 0 bridgehead atoms. The molecule has 0 aliphatic carbocycles. The van der Waals surface area contributed by atoms with Crippen molar-refractivity contribution in [1.29, 1.82) is 0 Å². The first-order valence-electron chi connectivity index (χ1n) is 6.91. The van der Waals surface area contributed by atoms with E-state index >= 15 is 0 Å². The van der Waals surface area contributed by atoms with Gasteiger partial charge in [0.05, 0.1) is 16.8 Å². The average molecular weight is 349 g/mol. The van der Waals surface area contributed by atoms with Gasteiger partial charge in [-0.05, 0) is 18.2 Å². The van der Waals surface area contributed by atoms with Gasteiger partial charge < -0.3 is 15.6 Å². The maximum Gasteiger partial charge on any atom is 0.417 e. The number of amides is 2. The summed E-state index contributed by atoms with van der Waals surface area (Å²) in [6.07, 6.45) is 0.604. The number of halogens is 3. The third-order valence-corrected chi connectivity index (χ3v) is 3.27. The SMILES string of the molecule is O=C(Nc1ccc(C(F)(F)F)cn1)C(=O)Nc1c[nH]c2ccncc12. The van der Waals surface area contributed by atoms with Crippen molar-refractivity contribution in [2.45, 2.75) is 6.18 Å². The smallest absolute Gasteiger partial charge is 0.359 e. The third kappa shape index (κ3) is 3.57. The lowest BCUT2D eigenvalue weighted by molar-refractivity contribution is -0.137. The molecule has 0 aliphatic heterocycles. The van der Waals surface area contributed by atoms with Crippen LogP contribution in [0.5, 0.6) is 0 Å². The summed E-state index contributed by atoms with van der Waals surface area (Å²) < 4.78 is 37.4. The van der Waals surface area contributed by atoms with Gasteiger partial charge in [0, 0.05) is 30.2 Å². The Bertz CT molecular complexity index is 934. The molecule has 25 heavy (non-hydrogen) atoms. The Hall–Kier alpha value is -3.43. The van der Waals surface area contributed by atoms with Gasteiger partial charge in [-0.25, -0.2) is 4.98 Å². The first-order chi connectivity index (χ1) is 11.8. The summed E-state index contributed by atoms with van der Waals surface area (Å²) in [7, 11) is 0. The lowest BCUT2D eigenvalue weighted by Crippen LogP contribution is -2.29. The number of carbonyl (C=O) groups excluding carboxylic acids is 2. The highest BCUT2D eigenvalue weighted by Gasteiger charge is 2.30. The number of anilines is 2. The van der Waals surface area contributed by atoms with E-state index in [0.717, 1.165) is 17.6 Å². The van der Waals surface area contributed by atoms with Crippen LogP contribution in [0.15, 0.2) is 43.0 Å². The van der Waals surface area contributed by atoms with Crippen LogP contribution in [0.1, 0.15) is 5.56 Å². The highest BCUT2D eigenvalue weighted by molar-refractivity contribution is 6.44. The fourth-order valence-electron chi connectivity index (χ4n) is 2.05. The molecule has 0 fully saturated rings. The van der Waals surface area contributed by atoms with Crippen LogP contribution in [0.3, 0.4) is 0 Å². The molecule has 10 heteroatoms. The predicted molar refractivity (Wildman–Crippen MR) is 82.6 cm³/mol. The molecular formula is C15H10F3N5O2. The van der Waals surface area contributed by atoms with Gasteiger partial charge in [0.2, 0.25) is 0 Å². The van der Waals surface area contributed by atoms with Gasteiger partial charge in [0.15, 0.2) is 0 Å². The molecule has 2 amide bonds. The van der Waals surface area contributed by atoms with Gasteiger partial charge in [-0.1, -0.05) is 0 Å². The zero-order valence-corrected chi connectivity index (χ0v) is 12.4. The number of nitrogens with zero attached hydrogens (tertiary/aromatic N) is 2. The molecule has 0 saturated carbocycles. The zero-order chi connectivity index (χ0) is 18.0. The summed E-state index contributed by atoms with van der Waals surface area (Å²) in [6, 6.07) is 3.41. The van der Waals surface area contributed by atoms with E-state index in [-0.39, 0.29) is 5.82 Å². The van der Waals surface area contributed by atoms with Gasteiger partial charge in [-0.2, -0.15) is 13.2 Å². The molecule has 0 radical (unpaired) electrons. The zero-order valence-electron chi connectivity index (χ0n) is 12.4. The number of hydrogen-bond donors (Lipinski definition) is 3. The Labute approximate surface area is 138 Å². The van der Waals surface area contributed by atoms with Crippen LogP contribution in [-0.2, 0) is 15.8 Å². The van der Waals surface area contributed by atoms with Gasteiger partial charge in [-0.3, -0.25) is 14.6 Å². The lowest BCUT2D eigenvalue weighted by atomic mass is 10.3. The first kappa shape index (κ1) is 16.4. The first-order valence-corrected chi connectivity index (χ1v) is 6.91. The van der Waals surface area contributed by atoms with Crippen molar-refractivity contribution in [3.05, 3.63) is 48.5 Å². The third-order valence-electron chi connectivity index (χ3n) is 3.27. The topological polar surface area (TPSA) is 99.8 Å². The molecule has 0 unspecified atom stereocenters. The Morgan fingerprint density at radius 2 is 1.80 bits per heavy atom. The predicted octanol–water partition coefficient (Wildman–Crippen LogP) is 2.55. The van der Waals surface area contributed by atoms with Crippen LogP contribution in [-0.4, -0.2) is 26.8 Å². The number of aromatic nitrogens is 3. The summed E-state index contributed by atoms with van der Waals surface area (Å²) in [5.41, 5.74) is 0.111. The van der Waals surface area contributed by atoms with E-state index in [4.69, 9.17) is 0 Å². The van der Waals surface area contributed by atoms with E-state index in [1.165, 1.54) is 12.4 Å². The molecule has 3 aromatic rings. The number of nitrogens with one attached hydrogen (secondary N) is 3. The molecule has 3 rings (SSSR count). The van der Waals surface area contributed by atoms with Crippen molar-refractivity contribution in [3.8, 4) is 0 Å². The number of pyridine rings is 2. The van der Waals surface area contributed by atoms with Gasteiger partial charge in [-0.15, -0.1) is 0 Å². The summed E-state index contributed by atoms with van der Waals surface area (Å²) >= 11 is 0. The summed E-state index contributed by atoms with van der Waals surface area (Å²) in [6.45, 7) is 0. The molecule has 0 saturated heterocycles. The Balaban J connectivity index is 1.68. The quantitative estimate of drug-likeness (QED) is 0.619. The standard InChI is InChI=1S/C15H10F3N5O2/c16-15(17,18)8-1-2-12(21-5-8)23-14(25)13(24)22-11-7-20-10-3-4-19-6-9(10)11/h1-7,20H,(H,22,24)(H,21,23,25). The number of hydrogen-bond acceptors (Lipinski definition) is 4. The van der Waals surface area contributed by atoms with Crippen molar-refractivity contribution in [2.75, 3.05) is 10.6 Å². The molecule has 0 atom stereocenters. The summed E-state index contributed by atoms with van der Waals surface area (Å²) in [5.74, 6) is -2.23. The highest BCUT2D eigenvalue weighted by Crippen LogP contribution is 2.28. The summed E-state index contributed by atoms with van der Waals surface area (Å²) in [4.78, 5) is 34.0. The van der Waals surface area contributed by atoms with Crippen molar-refractivity contribution in [2.24, 2.45) is 0 Å². The molecular weight excluding hydrogens is 339 g/mol. The van der Waals surface area contributed by atoms with E-state index in [2.05, 4.69) is 25.6 Å². The van der Waals surface area contributed by atoms with E-state index in [9.17, 15) is 22.8 Å². The second-order valence-electron chi connectivity index (χ2n) is 4.96. The largest absolute Gasteiger partial charge is 0.417 e. The summed E-state index contributed by atoms with van der Waals surface area (Å²) in [5, 5.41) is 5.12. The Kier molecular flexibility index (Phi) is 4.09. The molecule has 0 aliphatic rings. The van der Waals surface area contributed by atoms with E-state index in [0.29, 0.717) is 17.3 Å². The average Bonchev–Trinajstić information content (AvgIpc) is 2.97. The Morgan fingerprint density at radius 1 is 1.04 bits per heavy atom. The van der Waals surface area contributed by atoms with Crippen molar-refractivity contribution in [1.82, 2.24) is 15.0 Å². The van der Waals surface area contributed by atoms with Crippen LogP contribution in [0.25, 0.3) is 10.9 Å². The second kappa shape index (κ2) is 6.23. The maximum atomic E-state index is 12.5. The number of carbonyl (C=O) groups is 2. The minimum Gasteiger partial charge on any atom is -0.359 e. The van der Waals surface area contributed by atoms with Crippen LogP contribution in [0, 0.1) is 0 Å². The molecule has 0 aromatic carbocycles. The molecule has 3 heterocycles. The van der Waals surface area contributed by atoms with Crippen LogP contribution < -0.4 is 10.6 Å². The number of H-pyrrole nitrogens is 1. The van der Waals surface area contributed by atoms with Gasteiger partial charge >= 0.3 is 18.0 Å². The highest BCUT2D eigenvalue weighted by atomic mass is 19.4. The monoisotopic (exact) mass is 349 g/mol. The van der Waals surface area contributed by atoms with Crippen molar-refractivity contribution >= 4 is 34.2 Å². The lowest BCUT2D eigenvalue weighted by Gasteiger charge is -2.08. The molecule has 3 N–H and O–H groups in total. The number of rotatable bonds is 2. The van der Waals surface area contributed by atoms with Crippen molar-refractivity contribution in [3.63, 3.8) is 0 Å². The Morgan fingerprint density at radius 3 is 2.48 bits per heavy atom. The normalized spacial score (nSPS) is 11.3. The fourth-order valence-corrected chi connectivity index (χ4v) is 2.05. The van der Waals surface area contributed by atoms with E-state index < -0.39 is 23.6 Å². The molecule has 128 valence electrons. The van der Waals surface area contributed by atoms with E-state index in [1.807, 2.05) is 0 Å². The number of alkyl halides is 3. The van der Waals surface area contributed by atoms with Gasteiger partial charge in [0.25, 0.3) is 0 Å². The van der Waals surface area contributed by atoms with Gasteiger partial charge in [0.1, 0.15) is 5.82 Å². The van der Waals surface area contributed by atoms with Crippen LogP contribution in [0.2, 0.25) is 0 Å². The van der Waals surface area contributed by atoms with Crippen LogP contribution >= 0.6 is 0 Å². The second-order valence-corrected chi connectivity index (χ2v) is 4.96. The van der Waals surface area contributed by atoms with E-state index in [1.54, 1.807) is 12.3 Å². The van der Waals surface area contributed by atoms with Crippen LogP contribution in [0.4, 0.5) is 24.7 Å². The fraction of sp³-hybridized carbons (Fsp3) is 0.0667. The maximum absolute atomic E-state index is 12.5. The molecule has 3 aromatic heterocycles. The molecule has 7 nitrogen and oxygen atoms in total. The van der Waals surface area contributed by atoms with Crippen molar-refractivity contribution < 1.29 is 22.8 Å². The number of aromatic amines is 1. The molecule has 0 spiro atoms.